The monoisotopic (exact) mass is 402 g/mol. The van der Waals surface area contributed by atoms with E-state index in [0.717, 1.165) is 5.56 Å². The van der Waals surface area contributed by atoms with Crippen LogP contribution in [0.2, 0.25) is 0 Å². The maximum absolute atomic E-state index is 12.8. The number of methoxy groups -OCH3 is 1. The summed E-state index contributed by atoms with van der Waals surface area (Å²) in [4.78, 5) is 37.1. The van der Waals surface area contributed by atoms with Gasteiger partial charge in [0.15, 0.2) is 6.04 Å². The largest absolute Gasteiger partial charge is 0.467 e. The van der Waals surface area contributed by atoms with Crippen molar-refractivity contribution in [2.75, 3.05) is 7.11 Å². The van der Waals surface area contributed by atoms with Gasteiger partial charge in [0.05, 0.1) is 7.11 Å². The van der Waals surface area contributed by atoms with Crippen LogP contribution in [0.3, 0.4) is 0 Å². The van der Waals surface area contributed by atoms with Crippen LogP contribution in [0.15, 0.2) is 46.9 Å². The summed E-state index contributed by atoms with van der Waals surface area (Å²) in [6, 6.07) is 10.4. The molecular weight excluding hydrogens is 376 g/mol. The fraction of sp³-hybridized carbons (Fsp3) is 0.381. The number of aryl methyl sites for hydroxylation is 1. The zero-order chi connectivity index (χ0) is 21.4. The zero-order valence-corrected chi connectivity index (χ0v) is 16.9. The van der Waals surface area contributed by atoms with Gasteiger partial charge in [0.25, 0.3) is 0 Å². The number of benzene rings is 1. The second-order valence-electron chi connectivity index (χ2n) is 6.84. The fourth-order valence-corrected chi connectivity index (χ4v) is 2.63. The Morgan fingerprint density at radius 1 is 1.03 bits per heavy atom. The summed E-state index contributed by atoms with van der Waals surface area (Å²) in [5.74, 6) is -0.651. The average molecular weight is 402 g/mol. The summed E-state index contributed by atoms with van der Waals surface area (Å²) in [6.07, 6.45) is -0.730. The van der Waals surface area contributed by atoms with Crippen molar-refractivity contribution < 1.29 is 28.3 Å². The Kier molecular flexibility index (Phi) is 7.82. The van der Waals surface area contributed by atoms with E-state index >= 15 is 0 Å². The van der Waals surface area contributed by atoms with Crippen molar-refractivity contribution in [3.05, 3.63) is 59.5 Å². The van der Waals surface area contributed by atoms with E-state index in [2.05, 4.69) is 10.6 Å². The van der Waals surface area contributed by atoms with E-state index in [4.69, 9.17) is 13.9 Å². The third-order valence-corrected chi connectivity index (χ3v) is 4.20. The van der Waals surface area contributed by atoms with Crippen LogP contribution in [0.1, 0.15) is 37.0 Å². The first-order valence-electron chi connectivity index (χ1n) is 9.23. The molecule has 0 radical (unpaired) electrons. The Balaban J connectivity index is 2.03. The summed E-state index contributed by atoms with van der Waals surface area (Å²) in [5, 5.41) is 5.13. The number of esters is 1. The van der Waals surface area contributed by atoms with Gasteiger partial charge in [-0.2, -0.15) is 0 Å². The van der Waals surface area contributed by atoms with Crippen molar-refractivity contribution in [3.63, 3.8) is 0 Å². The van der Waals surface area contributed by atoms with Crippen molar-refractivity contribution in [2.45, 2.75) is 39.5 Å². The summed E-state index contributed by atoms with van der Waals surface area (Å²) >= 11 is 0. The topological polar surface area (TPSA) is 107 Å². The maximum atomic E-state index is 12.8. The number of ether oxygens (including phenoxy) is 2. The van der Waals surface area contributed by atoms with E-state index in [1.807, 2.05) is 30.3 Å². The number of rotatable bonds is 8. The lowest BCUT2D eigenvalue weighted by Crippen LogP contribution is -2.51. The molecular formula is C21H26N2O6. The van der Waals surface area contributed by atoms with Crippen molar-refractivity contribution in [2.24, 2.45) is 5.92 Å². The normalized spacial score (nSPS) is 12.7. The standard InChI is InChI=1S/C21H26N2O6/c1-13(2)17(23-21(26)28-12-15-8-6-5-7-9-15)19(24)22-18(20(25)27-4)16-11-10-14(3)29-16/h5-11,13,17-18H,12H2,1-4H3,(H,22,24)(H,23,26)/t17-,18?/m0/s1. The van der Waals surface area contributed by atoms with Crippen LogP contribution in [0.4, 0.5) is 4.79 Å². The predicted molar refractivity (Wildman–Crippen MR) is 105 cm³/mol. The average Bonchev–Trinajstić information content (AvgIpc) is 3.14. The number of amides is 2. The highest BCUT2D eigenvalue weighted by Gasteiger charge is 2.32. The quantitative estimate of drug-likeness (QED) is 0.658. The smallest absolute Gasteiger partial charge is 0.408 e. The van der Waals surface area contributed by atoms with Crippen LogP contribution in [0, 0.1) is 12.8 Å². The minimum atomic E-state index is -1.12. The Labute approximate surface area is 169 Å². The molecule has 1 aromatic heterocycles. The molecule has 1 aromatic carbocycles. The SMILES string of the molecule is COC(=O)C(NC(=O)[C@@H](NC(=O)OCc1ccccc1)C(C)C)c1ccc(C)o1. The van der Waals surface area contributed by atoms with Crippen molar-refractivity contribution in [1.29, 1.82) is 0 Å². The Bertz CT molecular complexity index is 831. The third kappa shape index (κ3) is 6.38. The van der Waals surface area contributed by atoms with Gasteiger partial charge in [0.2, 0.25) is 5.91 Å². The van der Waals surface area contributed by atoms with Crippen molar-refractivity contribution >= 4 is 18.0 Å². The molecule has 0 saturated heterocycles. The molecule has 2 rings (SSSR count). The van der Waals surface area contributed by atoms with Gasteiger partial charge >= 0.3 is 12.1 Å². The number of carbonyl (C=O) groups excluding carboxylic acids is 3. The molecule has 0 aliphatic rings. The van der Waals surface area contributed by atoms with Gasteiger partial charge in [-0.25, -0.2) is 9.59 Å². The Morgan fingerprint density at radius 2 is 1.72 bits per heavy atom. The number of furan rings is 1. The van der Waals surface area contributed by atoms with Crippen LogP contribution in [0.25, 0.3) is 0 Å². The lowest BCUT2D eigenvalue weighted by molar-refractivity contribution is -0.146. The van der Waals surface area contributed by atoms with E-state index in [-0.39, 0.29) is 18.3 Å². The summed E-state index contributed by atoms with van der Waals surface area (Å²) in [6.45, 7) is 5.34. The van der Waals surface area contributed by atoms with Crippen LogP contribution >= 0.6 is 0 Å². The molecule has 2 amide bonds. The second-order valence-corrected chi connectivity index (χ2v) is 6.84. The third-order valence-electron chi connectivity index (χ3n) is 4.20. The molecule has 2 atom stereocenters. The molecule has 0 aliphatic heterocycles. The van der Waals surface area contributed by atoms with Crippen LogP contribution < -0.4 is 10.6 Å². The van der Waals surface area contributed by atoms with Crippen molar-refractivity contribution in [3.8, 4) is 0 Å². The van der Waals surface area contributed by atoms with Crippen LogP contribution in [-0.4, -0.2) is 31.1 Å². The van der Waals surface area contributed by atoms with Gasteiger partial charge in [-0.15, -0.1) is 0 Å². The van der Waals surface area contributed by atoms with Gasteiger partial charge in [-0.3, -0.25) is 4.79 Å². The highest BCUT2D eigenvalue weighted by atomic mass is 16.5. The van der Waals surface area contributed by atoms with Gasteiger partial charge in [0, 0.05) is 0 Å². The Hall–Kier alpha value is -3.29. The molecule has 29 heavy (non-hydrogen) atoms. The minimum Gasteiger partial charge on any atom is -0.467 e. The lowest BCUT2D eigenvalue weighted by Gasteiger charge is -2.23. The van der Waals surface area contributed by atoms with E-state index in [9.17, 15) is 14.4 Å². The van der Waals surface area contributed by atoms with Gasteiger partial charge < -0.3 is 24.5 Å². The Morgan fingerprint density at radius 3 is 2.28 bits per heavy atom. The van der Waals surface area contributed by atoms with Crippen LogP contribution in [0.5, 0.6) is 0 Å². The lowest BCUT2D eigenvalue weighted by atomic mass is 10.0. The number of carbonyl (C=O) groups is 3. The number of alkyl carbamates (subject to hydrolysis) is 1. The first kappa shape index (κ1) is 22.0. The molecule has 8 nitrogen and oxygen atoms in total. The van der Waals surface area contributed by atoms with Crippen LogP contribution in [-0.2, 0) is 25.7 Å². The van der Waals surface area contributed by atoms with Gasteiger partial charge in [-0.1, -0.05) is 44.2 Å². The summed E-state index contributed by atoms with van der Waals surface area (Å²) in [7, 11) is 1.22. The van der Waals surface area contributed by atoms with E-state index < -0.39 is 30.1 Å². The fourth-order valence-electron chi connectivity index (χ4n) is 2.63. The molecule has 1 heterocycles. The molecule has 0 saturated carbocycles. The number of nitrogens with one attached hydrogen (secondary N) is 2. The molecule has 0 fully saturated rings. The van der Waals surface area contributed by atoms with E-state index in [0.29, 0.717) is 5.76 Å². The first-order valence-corrected chi connectivity index (χ1v) is 9.23. The second kappa shape index (κ2) is 10.3. The maximum Gasteiger partial charge on any atom is 0.408 e. The molecule has 156 valence electrons. The minimum absolute atomic E-state index is 0.0789. The molecule has 0 bridgehead atoms. The number of hydrogen-bond donors (Lipinski definition) is 2. The van der Waals surface area contributed by atoms with Crippen molar-refractivity contribution in [1.82, 2.24) is 10.6 Å². The summed E-state index contributed by atoms with van der Waals surface area (Å²) < 4.78 is 15.4. The molecule has 2 N–H and O–H groups in total. The first-order chi connectivity index (χ1) is 13.8. The van der Waals surface area contributed by atoms with Gasteiger partial charge in [0.1, 0.15) is 24.2 Å². The zero-order valence-electron chi connectivity index (χ0n) is 16.9. The molecule has 0 aliphatic carbocycles. The predicted octanol–water partition coefficient (Wildman–Crippen LogP) is 2.87. The van der Waals surface area contributed by atoms with Gasteiger partial charge in [-0.05, 0) is 30.5 Å². The van der Waals surface area contributed by atoms with E-state index in [1.54, 1.807) is 32.9 Å². The molecule has 2 aromatic rings. The molecule has 0 spiro atoms. The molecule has 8 heteroatoms. The van der Waals surface area contributed by atoms with E-state index in [1.165, 1.54) is 7.11 Å². The highest BCUT2D eigenvalue weighted by Crippen LogP contribution is 2.18. The molecule has 1 unspecified atom stereocenters. The summed E-state index contributed by atoms with van der Waals surface area (Å²) in [5.41, 5.74) is 0.826. The highest BCUT2D eigenvalue weighted by molar-refractivity contribution is 5.90. The number of hydrogen-bond acceptors (Lipinski definition) is 6.